The molecular weight excluding hydrogens is 278 g/mol. The highest BCUT2D eigenvalue weighted by Gasteiger charge is 2.15. The maximum Gasteiger partial charge on any atom is 0.287 e. The first-order chi connectivity index (χ1) is 10.5. The topological polar surface area (TPSA) is 62.5 Å². The van der Waals surface area contributed by atoms with Crippen LogP contribution in [0, 0.1) is 26.7 Å². The quantitative estimate of drug-likeness (QED) is 0.862. The molecule has 0 unspecified atom stereocenters. The standard InChI is InChI=1S/C18H23NO3/c1-12-4-6-15(7-5-12)9-16(11-20)10-19-18(21)17-8-13(2)14(3)22-17/h4-8,16,20H,9-11H2,1-3H3,(H,19,21)/t16-/m0/s1. The summed E-state index contributed by atoms with van der Waals surface area (Å²) < 4.78 is 5.40. The fourth-order valence-corrected chi connectivity index (χ4v) is 2.27. The van der Waals surface area contributed by atoms with E-state index in [9.17, 15) is 9.90 Å². The molecule has 0 aliphatic heterocycles. The molecule has 0 aliphatic rings. The Bertz CT molecular complexity index is 609. The molecule has 1 atom stereocenters. The van der Waals surface area contributed by atoms with Gasteiger partial charge in [0.25, 0.3) is 5.91 Å². The van der Waals surface area contributed by atoms with Crippen LogP contribution >= 0.6 is 0 Å². The SMILES string of the molecule is Cc1ccc(C[C@H](CO)CNC(=O)c2cc(C)c(C)o2)cc1. The van der Waals surface area contributed by atoms with Crippen LogP contribution < -0.4 is 5.32 Å². The molecule has 0 aliphatic carbocycles. The Morgan fingerprint density at radius 3 is 2.45 bits per heavy atom. The zero-order valence-corrected chi connectivity index (χ0v) is 13.3. The van der Waals surface area contributed by atoms with E-state index in [2.05, 4.69) is 29.6 Å². The summed E-state index contributed by atoms with van der Waals surface area (Å²) in [7, 11) is 0. The van der Waals surface area contributed by atoms with E-state index >= 15 is 0 Å². The van der Waals surface area contributed by atoms with Crippen molar-refractivity contribution in [1.29, 1.82) is 0 Å². The second-order valence-corrected chi connectivity index (χ2v) is 5.80. The molecular formula is C18H23NO3. The Kier molecular flexibility index (Phi) is 5.39. The largest absolute Gasteiger partial charge is 0.456 e. The number of benzene rings is 1. The van der Waals surface area contributed by atoms with Crippen molar-refractivity contribution in [2.45, 2.75) is 27.2 Å². The zero-order chi connectivity index (χ0) is 16.1. The summed E-state index contributed by atoms with van der Waals surface area (Å²) in [5, 5.41) is 12.3. The third-order valence-corrected chi connectivity index (χ3v) is 3.84. The number of carbonyl (C=O) groups excluding carboxylic acids is 1. The minimum Gasteiger partial charge on any atom is -0.456 e. The maximum atomic E-state index is 12.0. The van der Waals surface area contributed by atoms with Crippen molar-refractivity contribution in [3.8, 4) is 0 Å². The highest BCUT2D eigenvalue weighted by molar-refractivity contribution is 5.91. The smallest absolute Gasteiger partial charge is 0.287 e. The lowest BCUT2D eigenvalue weighted by molar-refractivity contribution is 0.0911. The van der Waals surface area contributed by atoms with Crippen LogP contribution in [-0.2, 0) is 6.42 Å². The van der Waals surface area contributed by atoms with Gasteiger partial charge in [0, 0.05) is 19.1 Å². The number of furan rings is 1. The van der Waals surface area contributed by atoms with Crippen LogP contribution in [0.2, 0.25) is 0 Å². The van der Waals surface area contributed by atoms with Crippen LogP contribution in [0.5, 0.6) is 0 Å². The van der Waals surface area contributed by atoms with Crippen molar-refractivity contribution in [1.82, 2.24) is 5.32 Å². The number of hydrogen-bond donors (Lipinski definition) is 2. The van der Waals surface area contributed by atoms with E-state index in [0.717, 1.165) is 23.3 Å². The molecule has 0 bridgehead atoms. The summed E-state index contributed by atoms with van der Waals surface area (Å²) in [5.41, 5.74) is 3.33. The number of aliphatic hydroxyl groups is 1. The van der Waals surface area contributed by atoms with Crippen LogP contribution in [0.3, 0.4) is 0 Å². The van der Waals surface area contributed by atoms with Gasteiger partial charge in [-0.25, -0.2) is 0 Å². The van der Waals surface area contributed by atoms with E-state index < -0.39 is 0 Å². The third-order valence-electron chi connectivity index (χ3n) is 3.84. The first kappa shape index (κ1) is 16.3. The van der Waals surface area contributed by atoms with Crippen LogP contribution in [0.15, 0.2) is 34.7 Å². The first-order valence-electron chi connectivity index (χ1n) is 7.51. The third kappa shape index (κ3) is 4.21. The second kappa shape index (κ2) is 7.27. The Hall–Kier alpha value is -2.07. The second-order valence-electron chi connectivity index (χ2n) is 5.80. The lowest BCUT2D eigenvalue weighted by Crippen LogP contribution is -2.31. The average Bonchev–Trinajstić information content (AvgIpc) is 2.85. The Morgan fingerprint density at radius 1 is 1.23 bits per heavy atom. The van der Waals surface area contributed by atoms with Gasteiger partial charge in [-0.2, -0.15) is 0 Å². The number of aliphatic hydroxyl groups excluding tert-OH is 1. The number of aryl methyl sites for hydroxylation is 3. The van der Waals surface area contributed by atoms with Gasteiger partial charge in [-0.15, -0.1) is 0 Å². The summed E-state index contributed by atoms with van der Waals surface area (Å²) >= 11 is 0. The predicted molar refractivity (Wildman–Crippen MR) is 86.0 cm³/mol. The van der Waals surface area contributed by atoms with E-state index in [1.807, 2.05) is 20.8 Å². The van der Waals surface area contributed by atoms with Gasteiger partial charge in [0.1, 0.15) is 5.76 Å². The Labute approximate surface area is 131 Å². The molecule has 2 rings (SSSR count). The molecule has 1 heterocycles. The zero-order valence-electron chi connectivity index (χ0n) is 13.3. The van der Waals surface area contributed by atoms with Crippen molar-refractivity contribution >= 4 is 5.91 Å². The molecule has 22 heavy (non-hydrogen) atoms. The Morgan fingerprint density at radius 2 is 1.91 bits per heavy atom. The lowest BCUT2D eigenvalue weighted by Gasteiger charge is -2.15. The Balaban J connectivity index is 1.90. The monoisotopic (exact) mass is 301 g/mol. The molecule has 1 aromatic carbocycles. The van der Waals surface area contributed by atoms with Crippen molar-refractivity contribution < 1.29 is 14.3 Å². The minimum atomic E-state index is -0.237. The molecule has 0 fully saturated rings. The molecule has 118 valence electrons. The number of carbonyl (C=O) groups is 1. The number of hydrogen-bond acceptors (Lipinski definition) is 3. The number of amides is 1. The van der Waals surface area contributed by atoms with Gasteiger partial charge >= 0.3 is 0 Å². The summed E-state index contributed by atoms with van der Waals surface area (Å²) in [5.74, 6) is 0.827. The molecule has 4 heteroatoms. The predicted octanol–water partition coefficient (Wildman–Crippen LogP) is 2.79. The van der Waals surface area contributed by atoms with Crippen molar-refractivity contribution in [2.75, 3.05) is 13.2 Å². The fraction of sp³-hybridized carbons (Fsp3) is 0.389. The maximum absolute atomic E-state index is 12.0. The van der Waals surface area contributed by atoms with E-state index in [4.69, 9.17) is 4.42 Å². The molecule has 2 N–H and O–H groups in total. The average molecular weight is 301 g/mol. The molecule has 0 saturated heterocycles. The van der Waals surface area contributed by atoms with Gasteiger partial charge in [0.05, 0.1) is 0 Å². The summed E-state index contributed by atoms with van der Waals surface area (Å²) in [4.78, 5) is 12.0. The number of rotatable bonds is 6. The molecule has 1 amide bonds. The van der Waals surface area contributed by atoms with Crippen molar-refractivity contribution in [3.63, 3.8) is 0 Å². The van der Waals surface area contributed by atoms with Crippen LogP contribution in [0.4, 0.5) is 0 Å². The highest BCUT2D eigenvalue weighted by Crippen LogP contribution is 2.13. The van der Waals surface area contributed by atoms with Crippen LogP contribution in [0.25, 0.3) is 0 Å². The van der Waals surface area contributed by atoms with Gasteiger partial charge in [0.15, 0.2) is 5.76 Å². The molecule has 2 aromatic rings. The summed E-state index contributed by atoms with van der Waals surface area (Å²) in [6, 6.07) is 9.95. The summed E-state index contributed by atoms with van der Waals surface area (Å²) in [6.45, 7) is 6.23. The van der Waals surface area contributed by atoms with E-state index in [1.165, 1.54) is 5.56 Å². The molecule has 4 nitrogen and oxygen atoms in total. The van der Waals surface area contributed by atoms with Gasteiger partial charge < -0.3 is 14.8 Å². The van der Waals surface area contributed by atoms with Crippen LogP contribution in [0.1, 0.15) is 33.0 Å². The van der Waals surface area contributed by atoms with E-state index in [-0.39, 0.29) is 18.4 Å². The van der Waals surface area contributed by atoms with Gasteiger partial charge in [-0.05, 0) is 44.4 Å². The molecule has 0 saturated carbocycles. The highest BCUT2D eigenvalue weighted by atomic mass is 16.3. The van der Waals surface area contributed by atoms with E-state index in [1.54, 1.807) is 6.07 Å². The molecule has 0 spiro atoms. The van der Waals surface area contributed by atoms with Gasteiger partial charge in [-0.3, -0.25) is 4.79 Å². The van der Waals surface area contributed by atoms with Crippen LogP contribution in [-0.4, -0.2) is 24.2 Å². The fourth-order valence-electron chi connectivity index (χ4n) is 2.27. The van der Waals surface area contributed by atoms with E-state index in [0.29, 0.717) is 12.3 Å². The summed E-state index contributed by atoms with van der Waals surface area (Å²) in [6.07, 6.45) is 0.729. The van der Waals surface area contributed by atoms with Crippen molar-refractivity contribution in [3.05, 3.63) is 58.5 Å². The minimum absolute atomic E-state index is 0.0104. The lowest BCUT2D eigenvalue weighted by atomic mass is 9.99. The molecule has 1 aromatic heterocycles. The van der Waals surface area contributed by atoms with Crippen molar-refractivity contribution in [2.24, 2.45) is 5.92 Å². The normalized spacial score (nSPS) is 12.2. The van der Waals surface area contributed by atoms with Gasteiger partial charge in [0.2, 0.25) is 0 Å². The van der Waals surface area contributed by atoms with Gasteiger partial charge in [-0.1, -0.05) is 29.8 Å². The molecule has 0 radical (unpaired) electrons. The first-order valence-corrected chi connectivity index (χ1v) is 7.51. The number of nitrogens with one attached hydrogen (secondary N) is 1.